The second-order valence-corrected chi connectivity index (χ2v) is 4.30. The molecule has 17 heavy (non-hydrogen) atoms. The second kappa shape index (κ2) is 6.12. The predicted octanol–water partition coefficient (Wildman–Crippen LogP) is 0.243. The zero-order chi connectivity index (χ0) is 12.1. The van der Waals surface area contributed by atoms with Gasteiger partial charge in [0.1, 0.15) is 0 Å². The van der Waals surface area contributed by atoms with Gasteiger partial charge in [-0.25, -0.2) is 0 Å². The number of hydrogen-bond acceptors (Lipinski definition) is 4. The zero-order valence-corrected chi connectivity index (χ0v) is 9.80. The SMILES string of the molecule is OCC(O)CNCC1OCCc2ccccc21. The van der Waals surface area contributed by atoms with Crippen molar-refractivity contribution in [3.05, 3.63) is 35.4 Å². The van der Waals surface area contributed by atoms with Crippen molar-refractivity contribution >= 4 is 0 Å². The third-order valence-corrected chi connectivity index (χ3v) is 3.01. The maximum Gasteiger partial charge on any atom is 0.0952 e. The molecule has 1 heterocycles. The molecule has 4 heteroatoms. The van der Waals surface area contributed by atoms with Gasteiger partial charge in [-0.15, -0.1) is 0 Å². The van der Waals surface area contributed by atoms with E-state index in [4.69, 9.17) is 9.84 Å². The molecular formula is C13H19NO3. The highest BCUT2D eigenvalue weighted by molar-refractivity contribution is 5.31. The minimum atomic E-state index is -0.700. The normalized spacial score (nSPS) is 20.9. The quantitative estimate of drug-likeness (QED) is 0.686. The number of hydrogen-bond donors (Lipinski definition) is 3. The average molecular weight is 237 g/mol. The van der Waals surface area contributed by atoms with Crippen molar-refractivity contribution in [2.24, 2.45) is 0 Å². The van der Waals surface area contributed by atoms with Crippen molar-refractivity contribution in [3.8, 4) is 0 Å². The van der Waals surface area contributed by atoms with Crippen molar-refractivity contribution in [1.29, 1.82) is 0 Å². The predicted molar refractivity (Wildman–Crippen MR) is 64.8 cm³/mol. The Labute approximate surface area is 101 Å². The molecule has 0 aliphatic carbocycles. The fraction of sp³-hybridized carbons (Fsp3) is 0.538. The molecule has 0 fully saturated rings. The minimum absolute atomic E-state index is 0.0471. The molecule has 94 valence electrons. The van der Waals surface area contributed by atoms with Gasteiger partial charge in [-0.05, 0) is 17.5 Å². The highest BCUT2D eigenvalue weighted by atomic mass is 16.5. The summed E-state index contributed by atoms with van der Waals surface area (Å²) in [5, 5.41) is 21.0. The first-order valence-corrected chi connectivity index (χ1v) is 6.00. The molecule has 1 aliphatic heterocycles. The number of benzene rings is 1. The zero-order valence-electron chi connectivity index (χ0n) is 9.80. The first-order valence-electron chi connectivity index (χ1n) is 6.00. The Hall–Kier alpha value is -0.940. The van der Waals surface area contributed by atoms with E-state index in [1.54, 1.807) is 0 Å². The van der Waals surface area contributed by atoms with Crippen molar-refractivity contribution < 1.29 is 14.9 Å². The molecule has 2 atom stereocenters. The van der Waals surface area contributed by atoms with Crippen molar-refractivity contribution in [2.45, 2.75) is 18.6 Å². The van der Waals surface area contributed by atoms with Gasteiger partial charge in [0.2, 0.25) is 0 Å². The number of nitrogens with one attached hydrogen (secondary N) is 1. The van der Waals surface area contributed by atoms with E-state index < -0.39 is 6.10 Å². The van der Waals surface area contributed by atoms with Crippen LogP contribution in [-0.2, 0) is 11.2 Å². The maximum absolute atomic E-state index is 9.23. The van der Waals surface area contributed by atoms with Crippen LogP contribution in [0.3, 0.4) is 0 Å². The van der Waals surface area contributed by atoms with Gasteiger partial charge >= 0.3 is 0 Å². The van der Waals surface area contributed by atoms with E-state index in [9.17, 15) is 5.11 Å². The van der Waals surface area contributed by atoms with Crippen molar-refractivity contribution in [3.63, 3.8) is 0 Å². The van der Waals surface area contributed by atoms with Crippen LogP contribution in [0.25, 0.3) is 0 Å². The van der Waals surface area contributed by atoms with Gasteiger partial charge in [0.05, 0.1) is 25.4 Å². The minimum Gasteiger partial charge on any atom is -0.394 e. The molecule has 1 aromatic rings. The summed E-state index contributed by atoms with van der Waals surface area (Å²) in [6, 6.07) is 8.28. The van der Waals surface area contributed by atoms with E-state index in [0.29, 0.717) is 13.1 Å². The van der Waals surface area contributed by atoms with Crippen LogP contribution < -0.4 is 5.32 Å². The molecule has 1 aromatic carbocycles. The van der Waals surface area contributed by atoms with Crippen LogP contribution in [0.15, 0.2) is 24.3 Å². The van der Waals surface area contributed by atoms with E-state index in [1.807, 2.05) is 12.1 Å². The molecular weight excluding hydrogens is 218 g/mol. The van der Waals surface area contributed by atoms with Crippen LogP contribution in [0, 0.1) is 0 Å². The van der Waals surface area contributed by atoms with E-state index in [-0.39, 0.29) is 12.7 Å². The lowest BCUT2D eigenvalue weighted by Crippen LogP contribution is -2.34. The van der Waals surface area contributed by atoms with Gasteiger partial charge in [0.25, 0.3) is 0 Å². The molecule has 1 aliphatic rings. The summed E-state index contributed by atoms with van der Waals surface area (Å²) < 4.78 is 5.71. The molecule has 2 rings (SSSR count). The highest BCUT2D eigenvalue weighted by Crippen LogP contribution is 2.25. The van der Waals surface area contributed by atoms with E-state index in [1.165, 1.54) is 11.1 Å². The summed E-state index contributed by atoms with van der Waals surface area (Å²) >= 11 is 0. The van der Waals surface area contributed by atoms with Crippen molar-refractivity contribution in [1.82, 2.24) is 5.32 Å². The van der Waals surface area contributed by atoms with E-state index >= 15 is 0 Å². The van der Waals surface area contributed by atoms with Gasteiger partial charge in [0.15, 0.2) is 0 Å². The summed E-state index contributed by atoms with van der Waals surface area (Å²) in [5.41, 5.74) is 2.57. The molecule has 3 N–H and O–H groups in total. The standard InChI is InChI=1S/C13H19NO3/c15-9-11(16)7-14-8-13-12-4-2-1-3-10(12)5-6-17-13/h1-4,11,13-16H,5-9H2. The molecule has 0 saturated carbocycles. The van der Waals surface area contributed by atoms with Crippen LogP contribution in [0.5, 0.6) is 0 Å². The fourth-order valence-electron chi connectivity index (χ4n) is 2.09. The lowest BCUT2D eigenvalue weighted by Gasteiger charge is -2.26. The largest absolute Gasteiger partial charge is 0.394 e. The number of rotatable bonds is 5. The highest BCUT2D eigenvalue weighted by Gasteiger charge is 2.19. The first kappa shape index (κ1) is 12.5. The molecule has 0 aromatic heterocycles. The molecule has 4 nitrogen and oxygen atoms in total. The van der Waals surface area contributed by atoms with Gasteiger partial charge in [-0.1, -0.05) is 24.3 Å². The Balaban J connectivity index is 1.90. The average Bonchev–Trinajstić information content (AvgIpc) is 2.39. The second-order valence-electron chi connectivity index (χ2n) is 4.30. The molecule has 0 saturated heterocycles. The molecule has 0 bridgehead atoms. The summed E-state index contributed by atoms with van der Waals surface area (Å²) in [7, 11) is 0. The fourth-order valence-corrected chi connectivity index (χ4v) is 2.09. The van der Waals surface area contributed by atoms with Crippen LogP contribution in [0.1, 0.15) is 17.2 Å². The molecule has 0 spiro atoms. The number of aliphatic hydroxyl groups excluding tert-OH is 2. The lowest BCUT2D eigenvalue weighted by molar-refractivity contribution is 0.0371. The smallest absolute Gasteiger partial charge is 0.0952 e. The van der Waals surface area contributed by atoms with Gasteiger partial charge in [-0.2, -0.15) is 0 Å². The molecule has 0 radical (unpaired) electrons. The van der Waals surface area contributed by atoms with Gasteiger partial charge in [-0.3, -0.25) is 0 Å². The molecule has 0 amide bonds. The number of ether oxygens (including phenoxy) is 1. The first-order chi connectivity index (χ1) is 8.31. The van der Waals surface area contributed by atoms with E-state index in [2.05, 4.69) is 17.4 Å². The van der Waals surface area contributed by atoms with Crippen LogP contribution in [0.4, 0.5) is 0 Å². The summed E-state index contributed by atoms with van der Waals surface area (Å²) in [6.07, 6.45) is 0.311. The summed E-state index contributed by atoms with van der Waals surface area (Å²) in [4.78, 5) is 0. The van der Waals surface area contributed by atoms with Crippen LogP contribution in [0.2, 0.25) is 0 Å². The van der Waals surface area contributed by atoms with Gasteiger partial charge < -0.3 is 20.3 Å². The van der Waals surface area contributed by atoms with Gasteiger partial charge in [0, 0.05) is 13.1 Å². The Morgan fingerprint density at radius 3 is 3.06 bits per heavy atom. The number of fused-ring (bicyclic) bond motifs is 1. The Kier molecular flexibility index (Phi) is 4.50. The third kappa shape index (κ3) is 3.26. The maximum atomic E-state index is 9.23. The Morgan fingerprint density at radius 1 is 1.41 bits per heavy atom. The molecule has 2 unspecified atom stereocenters. The Morgan fingerprint density at radius 2 is 2.24 bits per heavy atom. The summed E-state index contributed by atoms with van der Waals surface area (Å²) in [5.74, 6) is 0. The van der Waals surface area contributed by atoms with E-state index in [0.717, 1.165) is 13.0 Å². The monoisotopic (exact) mass is 237 g/mol. The lowest BCUT2D eigenvalue weighted by atomic mass is 9.97. The third-order valence-electron chi connectivity index (χ3n) is 3.01. The Bertz CT molecular complexity index is 356. The topological polar surface area (TPSA) is 61.7 Å². The van der Waals surface area contributed by atoms with Crippen LogP contribution >= 0.6 is 0 Å². The van der Waals surface area contributed by atoms with Crippen LogP contribution in [-0.4, -0.2) is 42.6 Å². The number of aliphatic hydroxyl groups is 2. The van der Waals surface area contributed by atoms with Crippen molar-refractivity contribution in [2.75, 3.05) is 26.3 Å². The summed E-state index contributed by atoms with van der Waals surface area (Å²) in [6.45, 7) is 1.58.